The topological polar surface area (TPSA) is 79.0 Å². The molecule has 7 nitrogen and oxygen atoms in total. The van der Waals surface area contributed by atoms with Gasteiger partial charge in [-0.2, -0.15) is 0 Å². The van der Waals surface area contributed by atoms with E-state index in [0.29, 0.717) is 24.3 Å². The Bertz CT molecular complexity index is 873. The van der Waals surface area contributed by atoms with Gasteiger partial charge in [0.2, 0.25) is 5.91 Å². The Morgan fingerprint density at radius 1 is 1.00 bits per heavy atom. The van der Waals surface area contributed by atoms with Crippen LogP contribution in [0.15, 0.2) is 24.3 Å². The fraction of sp³-hybridized carbons (Fsp3) is 0.640. The molecule has 3 fully saturated rings. The minimum Gasteiger partial charge on any atom is -0.493 e. The average Bonchev–Trinajstić information content (AvgIpc) is 3.05. The molecule has 1 atom stereocenters. The van der Waals surface area contributed by atoms with E-state index in [1.807, 2.05) is 24.3 Å². The van der Waals surface area contributed by atoms with E-state index in [4.69, 9.17) is 4.74 Å². The molecule has 1 N–H and O–H groups in total. The maximum atomic E-state index is 13.6. The van der Waals surface area contributed by atoms with E-state index in [0.717, 1.165) is 56.3 Å². The summed E-state index contributed by atoms with van der Waals surface area (Å²) >= 11 is 0. The number of amides is 4. The van der Waals surface area contributed by atoms with Crippen molar-refractivity contribution in [1.82, 2.24) is 15.1 Å². The number of rotatable bonds is 4. The molecule has 2 aliphatic carbocycles. The predicted molar refractivity (Wildman–Crippen MR) is 119 cm³/mol. The molecule has 7 heteroatoms. The van der Waals surface area contributed by atoms with Crippen molar-refractivity contribution in [1.29, 1.82) is 0 Å². The van der Waals surface area contributed by atoms with Crippen LogP contribution in [0.4, 0.5) is 4.79 Å². The number of nitrogens with one attached hydrogen (secondary N) is 1. The van der Waals surface area contributed by atoms with Crippen molar-refractivity contribution in [3.63, 3.8) is 0 Å². The quantitative estimate of drug-likeness (QED) is 0.726. The summed E-state index contributed by atoms with van der Waals surface area (Å²) in [6, 6.07) is 7.33. The lowest BCUT2D eigenvalue weighted by atomic mass is 9.84. The Balaban J connectivity index is 1.38. The van der Waals surface area contributed by atoms with Gasteiger partial charge in [-0.05, 0) is 31.7 Å². The van der Waals surface area contributed by atoms with Gasteiger partial charge in [-0.25, -0.2) is 4.79 Å². The van der Waals surface area contributed by atoms with Gasteiger partial charge in [0.05, 0.1) is 6.61 Å². The number of urea groups is 1. The van der Waals surface area contributed by atoms with Gasteiger partial charge in [0.1, 0.15) is 12.3 Å². The molecule has 2 heterocycles. The molecule has 172 valence electrons. The molecule has 0 aromatic heterocycles. The molecular weight excluding hydrogens is 406 g/mol. The summed E-state index contributed by atoms with van der Waals surface area (Å²) in [7, 11) is 0. The second-order valence-corrected chi connectivity index (χ2v) is 9.71. The Morgan fingerprint density at radius 3 is 2.28 bits per heavy atom. The minimum absolute atomic E-state index is 0.0790. The zero-order chi connectivity index (χ0) is 22.1. The fourth-order valence-electron chi connectivity index (χ4n) is 6.16. The molecule has 2 aliphatic heterocycles. The summed E-state index contributed by atoms with van der Waals surface area (Å²) < 4.78 is 5.71. The lowest BCUT2D eigenvalue weighted by Gasteiger charge is -2.42. The molecule has 1 aromatic rings. The van der Waals surface area contributed by atoms with Crippen molar-refractivity contribution in [3.8, 4) is 5.75 Å². The third-order valence-corrected chi connectivity index (χ3v) is 7.77. The highest BCUT2D eigenvalue weighted by Crippen LogP contribution is 2.41. The number of hydrogen-bond acceptors (Lipinski definition) is 4. The van der Waals surface area contributed by atoms with Gasteiger partial charge < -0.3 is 15.0 Å². The van der Waals surface area contributed by atoms with Gasteiger partial charge in [0.25, 0.3) is 5.91 Å². The van der Waals surface area contributed by atoms with E-state index in [9.17, 15) is 14.4 Å². The average molecular weight is 440 g/mol. The van der Waals surface area contributed by atoms with Gasteiger partial charge >= 0.3 is 6.03 Å². The van der Waals surface area contributed by atoms with Crippen LogP contribution < -0.4 is 10.1 Å². The number of nitrogens with zero attached hydrogens (tertiary/aromatic N) is 2. The molecule has 1 spiro atoms. The molecule has 2 saturated carbocycles. The summed E-state index contributed by atoms with van der Waals surface area (Å²) in [4.78, 5) is 43.4. The van der Waals surface area contributed by atoms with E-state index in [1.54, 1.807) is 0 Å². The SMILES string of the molecule is O=C1NC2(CCOc3ccccc32)C(=O)N1CC(=O)N(C1CCCCC1)C1CCCCC1. The van der Waals surface area contributed by atoms with E-state index in [-0.39, 0.29) is 30.4 Å². The van der Waals surface area contributed by atoms with Crippen LogP contribution in [0.2, 0.25) is 0 Å². The first-order valence-electron chi connectivity index (χ1n) is 12.3. The molecule has 1 unspecified atom stereocenters. The Labute approximate surface area is 189 Å². The summed E-state index contributed by atoms with van der Waals surface area (Å²) in [5.74, 6) is 0.204. The van der Waals surface area contributed by atoms with Crippen LogP contribution in [0.5, 0.6) is 5.75 Å². The maximum Gasteiger partial charge on any atom is 0.325 e. The number of carbonyl (C=O) groups excluding carboxylic acids is 3. The van der Waals surface area contributed by atoms with Gasteiger partial charge in [-0.1, -0.05) is 56.7 Å². The highest BCUT2D eigenvalue weighted by Gasteiger charge is 2.55. The highest BCUT2D eigenvalue weighted by atomic mass is 16.5. The van der Waals surface area contributed by atoms with Gasteiger partial charge in [0.15, 0.2) is 5.54 Å². The van der Waals surface area contributed by atoms with Gasteiger partial charge in [0, 0.05) is 24.1 Å². The smallest absolute Gasteiger partial charge is 0.325 e. The molecule has 0 radical (unpaired) electrons. The second-order valence-electron chi connectivity index (χ2n) is 9.71. The van der Waals surface area contributed by atoms with Crippen LogP contribution in [0, 0.1) is 0 Å². The Hall–Kier alpha value is -2.57. The van der Waals surface area contributed by atoms with E-state index < -0.39 is 11.6 Å². The van der Waals surface area contributed by atoms with Crippen molar-refractivity contribution < 1.29 is 19.1 Å². The van der Waals surface area contributed by atoms with Crippen molar-refractivity contribution in [2.45, 2.75) is 88.3 Å². The minimum atomic E-state index is -1.13. The summed E-state index contributed by atoms with van der Waals surface area (Å²) in [6.07, 6.45) is 11.5. The summed E-state index contributed by atoms with van der Waals surface area (Å²) in [6.45, 7) is 0.170. The molecule has 4 aliphatic rings. The fourth-order valence-corrected chi connectivity index (χ4v) is 6.16. The van der Waals surface area contributed by atoms with Crippen LogP contribution >= 0.6 is 0 Å². The standard InChI is InChI=1S/C25H33N3O4/c29-22(28(18-9-3-1-4-10-18)19-11-5-2-6-12-19)17-27-23(30)25(26-24(27)31)15-16-32-21-14-8-7-13-20(21)25/h7-8,13-14,18-19H,1-6,9-12,15-17H2,(H,26,31). The number of imide groups is 1. The lowest BCUT2D eigenvalue weighted by Crippen LogP contribution is -2.53. The van der Waals surface area contributed by atoms with Crippen molar-refractivity contribution in [2.24, 2.45) is 0 Å². The molecule has 5 rings (SSSR count). The van der Waals surface area contributed by atoms with E-state index in [2.05, 4.69) is 10.2 Å². The number of ether oxygens (including phenoxy) is 1. The number of hydrogen-bond donors (Lipinski definition) is 1. The number of benzene rings is 1. The van der Waals surface area contributed by atoms with Crippen LogP contribution in [-0.2, 0) is 15.1 Å². The Kier molecular flexibility index (Phi) is 5.82. The summed E-state index contributed by atoms with van der Waals surface area (Å²) in [5, 5.41) is 2.92. The first kappa shape index (κ1) is 21.3. The summed E-state index contributed by atoms with van der Waals surface area (Å²) in [5.41, 5.74) is -0.455. The lowest BCUT2D eigenvalue weighted by molar-refractivity contribution is -0.143. The van der Waals surface area contributed by atoms with E-state index in [1.165, 1.54) is 12.8 Å². The molecule has 1 aromatic carbocycles. The van der Waals surface area contributed by atoms with Crippen molar-refractivity contribution >= 4 is 17.8 Å². The third kappa shape index (κ3) is 3.65. The molecular formula is C25H33N3O4. The van der Waals surface area contributed by atoms with Crippen LogP contribution in [0.25, 0.3) is 0 Å². The number of carbonyl (C=O) groups is 3. The van der Waals surface area contributed by atoms with Gasteiger partial charge in [-0.15, -0.1) is 0 Å². The first-order chi connectivity index (χ1) is 15.6. The first-order valence-corrected chi connectivity index (χ1v) is 12.3. The zero-order valence-corrected chi connectivity index (χ0v) is 18.7. The molecule has 4 amide bonds. The zero-order valence-electron chi connectivity index (χ0n) is 18.7. The largest absolute Gasteiger partial charge is 0.493 e. The monoisotopic (exact) mass is 439 g/mol. The van der Waals surface area contributed by atoms with Gasteiger partial charge in [-0.3, -0.25) is 14.5 Å². The molecule has 1 saturated heterocycles. The van der Waals surface area contributed by atoms with Crippen LogP contribution in [0.1, 0.15) is 76.2 Å². The number of para-hydroxylation sites is 1. The van der Waals surface area contributed by atoms with Crippen molar-refractivity contribution in [2.75, 3.05) is 13.2 Å². The highest BCUT2D eigenvalue weighted by molar-refractivity contribution is 6.09. The van der Waals surface area contributed by atoms with Crippen LogP contribution in [-0.4, -0.2) is 52.9 Å². The number of fused-ring (bicyclic) bond motifs is 2. The molecule has 0 bridgehead atoms. The Morgan fingerprint density at radius 2 is 1.62 bits per heavy atom. The maximum absolute atomic E-state index is 13.6. The van der Waals surface area contributed by atoms with Crippen molar-refractivity contribution in [3.05, 3.63) is 29.8 Å². The van der Waals surface area contributed by atoms with E-state index >= 15 is 0 Å². The predicted octanol–water partition coefficient (Wildman–Crippen LogP) is 3.71. The normalized spacial score (nSPS) is 26.6. The molecule has 32 heavy (non-hydrogen) atoms. The van der Waals surface area contributed by atoms with Crippen LogP contribution in [0.3, 0.4) is 0 Å². The third-order valence-electron chi connectivity index (χ3n) is 7.77. The second kappa shape index (κ2) is 8.75.